The number of esters is 1. The molecule has 106 valence electrons. The van der Waals surface area contributed by atoms with Gasteiger partial charge in [-0.1, -0.05) is 22.9 Å². The highest BCUT2D eigenvalue weighted by atomic mass is 35.5. The number of carbonyl (C=O) groups excluding carboxylic acids is 1. The van der Waals surface area contributed by atoms with E-state index < -0.39 is 5.97 Å². The van der Waals surface area contributed by atoms with Gasteiger partial charge in [0.1, 0.15) is 0 Å². The Kier molecular flexibility index (Phi) is 5.01. The number of hydrogen-bond donors (Lipinski definition) is 1. The third-order valence-corrected chi connectivity index (χ3v) is 4.41. The van der Waals surface area contributed by atoms with Gasteiger partial charge in [0, 0.05) is 12.6 Å². The second kappa shape index (κ2) is 6.54. The standard InChI is InChI=1S/C12H18ClN3O2S/c1-8(7-16-5-3-4-6-16)14-12-15-10(13)9(19-12)11(17)18-2/h8H,3-7H2,1-2H3,(H,14,15). The zero-order chi connectivity index (χ0) is 13.8. The number of aromatic nitrogens is 1. The van der Waals surface area contributed by atoms with Crippen LogP contribution in [0.5, 0.6) is 0 Å². The van der Waals surface area contributed by atoms with Crippen LogP contribution in [0.4, 0.5) is 5.13 Å². The van der Waals surface area contributed by atoms with Gasteiger partial charge in [-0.2, -0.15) is 0 Å². The van der Waals surface area contributed by atoms with Crippen LogP contribution < -0.4 is 5.32 Å². The Labute approximate surface area is 121 Å². The Morgan fingerprint density at radius 3 is 2.89 bits per heavy atom. The summed E-state index contributed by atoms with van der Waals surface area (Å²) in [6, 6.07) is 0.269. The zero-order valence-electron chi connectivity index (χ0n) is 11.1. The van der Waals surface area contributed by atoms with E-state index in [1.54, 1.807) is 0 Å². The summed E-state index contributed by atoms with van der Waals surface area (Å²) < 4.78 is 4.65. The van der Waals surface area contributed by atoms with Crippen molar-refractivity contribution in [2.45, 2.75) is 25.8 Å². The van der Waals surface area contributed by atoms with Crippen molar-refractivity contribution in [3.8, 4) is 0 Å². The molecule has 1 unspecified atom stereocenters. The molecule has 0 saturated carbocycles. The fourth-order valence-corrected chi connectivity index (χ4v) is 3.41. The summed E-state index contributed by atoms with van der Waals surface area (Å²) >= 11 is 7.15. The minimum Gasteiger partial charge on any atom is -0.465 e. The average molecular weight is 304 g/mol. The molecule has 1 aliphatic rings. The number of nitrogens with zero attached hydrogens (tertiary/aromatic N) is 2. The van der Waals surface area contributed by atoms with Crippen LogP contribution in [0.1, 0.15) is 29.4 Å². The Morgan fingerprint density at radius 2 is 2.26 bits per heavy atom. The topological polar surface area (TPSA) is 54.5 Å². The SMILES string of the molecule is COC(=O)c1sc(NC(C)CN2CCCC2)nc1Cl. The number of carbonyl (C=O) groups is 1. The van der Waals surface area contributed by atoms with Crippen molar-refractivity contribution in [3.05, 3.63) is 10.0 Å². The molecule has 2 rings (SSSR count). The lowest BCUT2D eigenvalue weighted by Crippen LogP contribution is -2.32. The van der Waals surface area contributed by atoms with Crippen molar-refractivity contribution in [3.63, 3.8) is 0 Å². The number of methoxy groups -OCH3 is 1. The van der Waals surface area contributed by atoms with E-state index in [2.05, 4.69) is 26.9 Å². The normalized spacial score (nSPS) is 17.4. The largest absolute Gasteiger partial charge is 0.465 e. The third kappa shape index (κ3) is 3.81. The molecule has 0 bridgehead atoms. The highest BCUT2D eigenvalue weighted by Gasteiger charge is 2.19. The van der Waals surface area contributed by atoms with Crippen LogP contribution in [0.3, 0.4) is 0 Å². The average Bonchev–Trinajstić information content (AvgIpc) is 2.98. The summed E-state index contributed by atoms with van der Waals surface area (Å²) in [5.41, 5.74) is 0. The van der Waals surface area contributed by atoms with Gasteiger partial charge in [0.15, 0.2) is 15.2 Å². The van der Waals surface area contributed by atoms with Crippen molar-refractivity contribution in [2.24, 2.45) is 0 Å². The van der Waals surface area contributed by atoms with Gasteiger partial charge in [0.25, 0.3) is 0 Å². The first-order valence-electron chi connectivity index (χ1n) is 6.33. The van der Waals surface area contributed by atoms with Crippen molar-refractivity contribution in [1.82, 2.24) is 9.88 Å². The first-order valence-corrected chi connectivity index (χ1v) is 7.53. The number of thiazole rings is 1. The lowest BCUT2D eigenvalue weighted by Gasteiger charge is -2.20. The second-order valence-electron chi connectivity index (χ2n) is 4.68. The first-order chi connectivity index (χ1) is 9.10. The van der Waals surface area contributed by atoms with Gasteiger partial charge in [-0.25, -0.2) is 9.78 Å². The van der Waals surface area contributed by atoms with Crippen molar-refractivity contribution in [1.29, 1.82) is 0 Å². The molecule has 1 saturated heterocycles. The maximum atomic E-state index is 11.4. The molecule has 1 aliphatic heterocycles. The van der Waals surface area contributed by atoms with Crippen LogP contribution >= 0.6 is 22.9 Å². The molecule has 0 aliphatic carbocycles. The molecular weight excluding hydrogens is 286 g/mol. The highest BCUT2D eigenvalue weighted by molar-refractivity contribution is 7.18. The van der Waals surface area contributed by atoms with Gasteiger partial charge in [0.2, 0.25) is 0 Å². The Hall–Kier alpha value is -0.850. The molecule has 19 heavy (non-hydrogen) atoms. The minimum atomic E-state index is -0.442. The Bertz CT molecular complexity index is 446. The fourth-order valence-electron chi connectivity index (χ4n) is 2.19. The van der Waals surface area contributed by atoms with Gasteiger partial charge >= 0.3 is 5.97 Å². The molecule has 0 spiro atoms. The summed E-state index contributed by atoms with van der Waals surface area (Å²) in [4.78, 5) is 18.4. The molecular formula is C12H18ClN3O2S. The predicted octanol–water partition coefficient (Wildman–Crippen LogP) is 2.48. The molecule has 5 nitrogen and oxygen atoms in total. The molecule has 0 aromatic carbocycles. The van der Waals surface area contributed by atoms with E-state index in [-0.39, 0.29) is 11.2 Å². The lowest BCUT2D eigenvalue weighted by atomic mass is 10.3. The number of halogens is 1. The zero-order valence-corrected chi connectivity index (χ0v) is 12.7. The molecule has 1 aromatic heterocycles. The van der Waals surface area contributed by atoms with Crippen molar-refractivity contribution < 1.29 is 9.53 Å². The van der Waals surface area contributed by atoms with E-state index in [0.29, 0.717) is 10.0 Å². The van der Waals surface area contributed by atoms with E-state index in [1.165, 1.54) is 31.3 Å². The number of hydrogen-bond acceptors (Lipinski definition) is 6. The maximum absolute atomic E-state index is 11.4. The Balaban J connectivity index is 1.93. The molecule has 1 N–H and O–H groups in total. The van der Waals surface area contributed by atoms with Gasteiger partial charge < -0.3 is 15.0 Å². The number of nitrogens with one attached hydrogen (secondary N) is 1. The smallest absolute Gasteiger partial charge is 0.351 e. The van der Waals surface area contributed by atoms with Crippen LogP contribution in [-0.2, 0) is 4.74 Å². The van der Waals surface area contributed by atoms with E-state index in [4.69, 9.17) is 11.6 Å². The minimum absolute atomic E-state index is 0.202. The third-order valence-electron chi connectivity index (χ3n) is 3.06. The molecule has 0 radical (unpaired) electrons. The number of likely N-dealkylation sites (tertiary alicyclic amines) is 1. The number of ether oxygens (including phenoxy) is 1. The second-order valence-corrected chi connectivity index (χ2v) is 6.04. The van der Waals surface area contributed by atoms with E-state index in [1.807, 2.05) is 0 Å². The summed E-state index contributed by atoms with van der Waals surface area (Å²) in [6.45, 7) is 5.41. The molecule has 2 heterocycles. The number of rotatable bonds is 5. The summed E-state index contributed by atoms with van der Waals surface area (Å²) in [7, 11) is 1.33. The summed E-state index contributed by atoms with van der Waals surface area (Å²) in [5, 5.41) is 4.15. The fraction of sp³-hybridized carbons (Fsp3) is 0.667. The van der Waals surface area contributed by atoms with Gasteiger partial charge in [-0.15, -0.1) is 0 Å². The van der Waals surface area contributed by atoms with Crippen molar-refractivity contribution >= 4 is 34.0 Å². The van der Waals surface area contributed by atoms with Crippen LogP contribution in [0.25, 0.3) is 0 Å². The first kappa shape index (κ1) is 14.6. The molecule has 1 aromatic rings. The quantitative estimate of drug-likeness (QED) is 0.847. The highest BCUT2D eigenvalue weighted by Crippen LogP contribution is 2.28. The van der Waals surface area contributed by atoms with Crippen LogP contribution in [0, 0.1) is 0 Å². The molecule has 0 amide bonds. The van der Waals surface area contributed by atoms with Crippen LogP contribution in [-0.4, -0.2) is 48.6 Å². The van der Waals surface area contributed by atoms with Gasteiger partial charge in [-0.3, -0.25) is 0 Å². The Morgan fingerprint density at radius 1 is 1.58 bits per heavy atom. The van der Waals surface area contributed by atoms with Crippen LogP contribution in [0.15, 0.2) is 0 Å². The summed E-state index contributed by atoms with van der Waals surface area (Å²) in [5.74, 6) is -0.442. The van der Waals surface area contributed by atoms with E-state index in [9.17, 15) is 4.79 Å². The van der Waals surface area contributed by atoms with Gasteiger partial charge in [-0.05, 0) is 32.9 Å². The summed E-state index contributed by atoms with van der Waals surface area (Å²) in [6.07, 6.45) is 2.56. The lowest BCUT2D eigenvalue weighted by molar-refractivity contribution is 0.0606. The van der Waals surface area contributed by atoms with Gasteiger partial charge in [0.05, 0.1) is 7.11 Å². The van der Waals surface area contributed by atoms with Crippen LogP contribution in [0.2, 0.25) is 5.15 Å². The number of anilines is 1. The van der Waals surface area contributed by atoms with E-state index >= 15 is 0 Å². The van der Waals surface area contributed by atoms with E-state index in [0.717, 1.165) is 19.6 Å². The molecule has 7 heteroatoms. The predicted molar refractivity (Wildman–Crippen MR) is 77.2 cm³/mol. The molecule has 1 atom stereocenters. The molecule has 1 fully saturated rings. The van der Waals surface area contributed by atoms with Crippen molar-refractivity contribution in [2.75, 3.05) is 32.1 Å². The maximum Gasteiger partial charge on any atom is 0.351 e. The monoisotopic (exact) mass is 303 g/mol.